The molecule has 5 nitrogen and oxygen atoms in total. The van der Waals surface area contributed by atoms with Gasteiger partial charge >= 0.3 is 0 Å². The summed E-state index contributed by atoms with van der Waals surface area (Å²) in [5.41, 5.74) is 0. The van der Waals surface area contributed by atoms with Gasteiger partial charge in [0.2, 0.25) is 10.0 Å². The second-order valence-corrected chi connectivity index (χ2v) is 7.32. The molecule has 0 aromatic carbocycles. The molecule has 1 atom stereocenters. The van der Waals surface area contributed by atoms with Crippen LogP contribution in [0.3, 0.4) is 0 Å². The number of rotatable bonds is 4. The summed E-state index contributed by atoms with van der Waals surface area (Å²) in [7, 11) is -6.43. The zero-order valence-corrected chi connectivity index (χ0v) is 9.27. The van der Waals surface area contributed by atoms with Gasteiger partial charge in [-0.1, -0.05) is 6.08 Å². The topological polar surface area (TPSA) is 80.3 Å². The van der Waals surface area contributed by atoms with Crippen molar-refractivity contribution in [2.45, 2.75) is 12.5 Å². The molecule has 0 aromatic heterocycles. The van der Waals surface area contributed by atoms with Crippen LogP contribution in [0.15, 0.2) is 12.7 Å². The zero-order chi connectivity index (χ0) is 10.8. The largest absolute Gasteiger partial charge is 0.229 e. The van der Waals surface area contributed by atoms with E-state index in [9.17, 15) is 16.8 Å². The molecule has 0 radical (unpaired) electrons. The molecule has 0 spiro atoms. The van der Waals surface area contributed by atoms with Gasteiger partial charge in [0, 0.05) is 6.04 Å². The summed E-state index contributed by atoms with van der Waals surface area (Å²) in [4.78, 5) is 0. The van der Waals surface area contributed by atoms with E-state index in [0.717, 1.165) is 0 Å². The van der Waals surface area contributed by atoms with Crippen LogP contribution in [-0.2, 0) is 19.9 Å². The second-order valence-electron chi connectivity index (χ2n) is 3.29. The van der Waals surface area contributed by atoms with Crippen LogP contribution in [0.25, 0.3) is 0 Å². The minimum absolute atomic E-state index is 0.0638. The van der Waals surface area contributed by atoms with Gasteiger partial charge in [0.05, 0.1) is 17.3 Å². The summed E-state index contributed by atoms with van der Waals surface area (Å²) in [5, 5.41) is 0. The first-order valence-electron chi connectivity index (χ1n) is 4.16. The van der Waals surface area contributed by atoms with Crippen LogP contribution in [0.5, 0.6) is 0 Å². The van der Waals surface area contributed by atoms with Crippen molar-refractivity contribution in [1.82, 2.24) is 4.72 Å². The summed E-state index contributed by atoms with van der Waals surface area (Å²) >= 11 is 0. The van der Waals surface area contributed by atoms with Gasteiger partial charge in [-0.25, -0.2) is 21.6 Å². The van der Waals surface area contributed by atoms with Crippen LogP contribution < -0.4 is 4.72 Å². The maximum atomic E-state index is 11.2. The summed E-state index contributed by atoms with van der Waals surface area (Å²) in [6, 6.07) is -0.468. The minimum Gasteiger partial charge on any atom is -0.229 e. The summed E-state index contributed by atoms with van der Waals surface area (Å²) in [5.74, 6) is -0.207. The quantitative estimate of drug-likeness (QED) is 0.656. The van der Waals surface area contributed by atoms with Gasteiger partial charge in [-0.3, -0.25) is 0 Å². The van der Waals surface area contributed by atoms with Gasteiger partial charge in [0.1, 0.15) is 0 Å². The molecule has 0 aromatic rings. The highest BCUT2D eigenvalue weighted by Gasteiger charge is 2.30. The van der Waals surface area contributed by atoms with Crippen LogP contribution in [0, 0.1) is 0 Å². The SMILES string of the molecule is C=CCS(=O)(=O)NC1CCS(=O)(=O)C1. The third-order valence-electron chi connectivity index (χ3n) is 1.92. The molecule has 1 N–H and O–H groups in total. The van der Waals surface area contributed by atoms with Crippen LogP contribution in [0.2, 0.25) is 0 Å². The first-order valence-corrected chi connectivity index (χ1v) is 7.63. The zero-order valence-electron chi connectivity index (χ0n) is 7.64. The van der Waals surface area contributed by atoms with Crippen molar-refractivity contribution in [1.29, 1.82) is 0 Å². The highest BCUT2D eigenvalue weighted by molar-refractivity contribution is 7.92. The molecule has 82 valence electrons. The Labute approximate surface area is 84.2 Å². The van der Waals surface area contributed by atoms with E-state index >= 15 is 0 Å². The Morgan fingerprint density at radius 3 is 2.57 bits per heavy atom. The Morgan fingerprint density at radius 1 is 1.50 bits per heavy atom. The van der Waals surface area contributed by atoms with Crippen molar-refractivity contribution >= 4 is 19.9 Å². The maximum absolute atomic E-state index is 11.2. The molecule has 1 unspecified atom stereocenters. The van der Waals surface area contributed by atoms with E-state index in [-0.39, 0.29) is 17.3 Å². The van der Waals surface area contributed by atoms with Crippen molar-refractivity contribution in [3.8, 4) is 0 Å². The fourth-order valence-corrected chi connectivity index (χ4v) is 4.24. The lowest BCUT2D eigenvalue weighted by atomic mass is 10.3. The summed E-state index contributed by atoms with van der Waals surface area (Å²) in [6.45, 7) is 3.31. The molecule has 7 heteroatoms. The molecule has 1 fully saturated rings. The normalized spacial score (nSPS) is 26.1. The van der Waals surface area contributed by atoms with Crippen LogP contribution in [0.4, 0.5) is 0 Å². The van der Waals surface area contributed by atoms with Gasteiger partial charge in [0.15, 0.2) is 9.84 Å². The monoisotopic (exact) mass is 239 g/mol. The predicted octanol–water partition coefficient (Wildman–Crippen LogP) is -0.721. The van der Waals surface area contributed by atoms with E-state index in [4.69, 9.17) is 0 Å². The molecule has 0 aliphatic carbocycles. The average Bonchev–Trinajstić information content (AvgIpc) is 2.28. The average molecular weight is 239 g/mol. The molecule has 0 saturated carbocycles. The lowest BCUT2D eigenvalue weighted by Gasteiger charge is -2.09. The highest BCUT2D eigenvalue weighted by Crippen LogP contribution is 2.12. The number of sulfonamides is 1. The molecular weight excluding hydrogens is 226 g/mol. The molecular formula is C7H13NO4S2. The maximum Gasteiger partial charge on any atom is 0.215 e. The van der Waals surface area contributed by atoms with Crippen molar-refractivity contribution < 1.29 is 16.8 Å². The van der Waals surface area contributed by atoms with Gasteiger partial charge in [-0.2, -0.15) is 0 Å². The van der Waals surface area contributed by atoms with Crippen LogP contribution in [-0.4, -0.2) is 40.1 Å². The van der Waals surface area contributed by atoms with Gasteiger partial charge in [0.25, 0.3) is 0 Å². The van der Waals surface area contributed by atoms with Crippen molar-refractivity contribution in [2.75, 3.05) is 17.3 Å². The molecule has 1 aliphatic rings. The number of nitrogens with one attached hydrogen (secondary N) is 1. The van der Waals surface area contributed by atoms with Crippen molar-refractivity contribution in [3.05, 3.63) is 12.7 Å². The number of hydrogen-bond donors (Lipinski definition) is 1. The Balaban J connectivity index is 2.60. The summed E-state index contributed by atoms with van der Waals surface area (Å²) in [6.07, 6.45) is 1.63. The number of sulfone groups is 1. The molecule has 1 aliphatic heterocycles. The third-order valence-corrected chi connectivity index (χ3v) is 5.05. The van der Waals surface area contributed by atoms with Gasteiger partial charge < -0.3 is 0 Å². The molecule has 0 amide bonds. The summed E-state index contributed by atoms with van der Waals surface area (Å²) < 4.78 is 46.8. The Kier molecular flexibility index (Phi) is 3.33. The Morgan fingerprint density at radius 2 is 2.14 bits per heavy atom. The van der Waals surface area contributed by atoms with Crippen molar-refractivity contribution in [3.63, 3.8) is 0 Å². The highest BCUT2D eigenvalue weighted by atomic mass is 32.2. The van der Waals surface area contributed by atoms with E-state index in [2.05, 4.69) is 11.3 Å². The fourth-order valence-electron chi connectivity index (χ4n) is 1.35. The smallest absolute Gasteiger partial charge is 0.215 e. The Hall–Kier alpha value is -0.400. The Bertz CT molecular complexity index is 409. The first-order chi connectivity index (χ1) is 6.35. The minimum atomic E-state index is -3.40. The van der Waals surface area contributed by atoms with Gasteiger partial charge in [-0.15, -0.1) is 6.58 Å². The van der Waals surface area contributed by atoms with Crippen molar-refractivity contribution in [2.24, 2.45) is 0 Å². The predicted molar refractivity (Wildman–Crippen MR) is 54.2 cm³/mol. The second kappa shape index (κ2) is 4.00. The van der Waals surface area contributed by atoms with E-state index in [1.807, 2.05) is 0 Å². The standard InChI is InChI=1S/C7H13NO4S2/c1-2-4-14(11,12)8-7-3-5-13(9,10)6-7/h2,7-8H,1,3-6H2. The van der Waals surface area contributed by atoms with E-state index in [1.165, 1.54) is 6.08 Å². The first kappa shape index (κ1) is 11.7. The molecule has 1 rings (SSSR count). The molecule has 0 bridgehead atoms. The van der Waals surface area contributed by atoms with E-state index < -0.39 is 25.9 Å². The van der Waals surface area contributed by atoms with Crippen LogP contribution >= 0.6 is 0 Å². The van der Waals surface area contributed by atoms with E-state index in [1.54, 1.807) is 0 Å². The molecule has 1 heterocycles. The number of hydrogen-bond acceptors (Lipinski definition) is 4. The van der Waals surface area contributed by atoms with Crippen LogP contribution in [0.1, 0.15) is 6.42 Å². The lowest BCUT2D eigenvalue weighted by Crippen LogP contribution is -2.36. The molecule has 1 saturated heterocycles. The van der Waals surface area contributed by atoms with Gasteiger partial charge in [-0.05, 0) is 6.42 Å². The third kappa shape index (κ3) is 3.39. The fraction of sp³-hybridized carbons (Fsp3) is 0.714. The lowest BCUT2D eigenvalue weighted by molar-refractivity contribution is 0.565. The van der Waals surface area contributed by atoms with E-state index in [0.29, 0.717) is 6.42 Å². The molecule has 14 heavy (non-hydrogen) atoms.